The van der Waals surface area contributed by atoms with Crippen LogP contribution < -0.4 is 0 Å². The smallest absolute Gasteiger partial charge is 0 e. The van der Waals surface area contributed by atoms with Crippen LogP contribution in [0.5, 0.6) is 0 Å². The first-order valence-corrected chi connectivity index (χ1v) is 12.6. The Labute approximate surface area is 385 Å². The number of hydrogen-bond donors (Lipinski definition) is 0. The van der Waals surface area contributed by atoms with Crippen molar-refractivity contribution in [2.45, 2.75) is 111 Å². The average molecular weight is 2350 g/mol. The molecular formula is C28H60Pt10. The molecule has 0 aromatic carbocycles. The fourth-order valence-corrected chi connectivity index (χ4v) is 4.34. The molecule has 0 aliphatic heterocycles. The second kappa shape index (κ2) is 43.9. The van der Waals surface area contributed by atoms with Crippen molar-refractivity contribution in [2.75, 3.05) is 0 Å². The van der Waals surface area contributed by atoms with Crippen LogP contribution >= 0.6 is 0 Å². The van der Waals surface area contributed by atoms with E-state index in [9.17, 15) is 0 Å². The van der Waals surface area contributed by atoms with E-state index in [0.717, 1.165) is 71.0 Å². The van der Waals surface area contributed by atoms with Gasteiger partial charge in [-0.2, -0.15) is 0 Å². The van der Waals surface area contributed by atoms with Crippen LogP contribution in [0.15, 0.2) is 0 Å². The molecule has 0 amide bonds. The summed E-state index contributed by atoms with van der Waals surface area (Å²) < 4.78 is 0. The minimum absolute atomic E-state index is 0. The Bertz CT molecular complexity index is 324. The normalized spacial score (nSPS) is 15.5. The van der Waals surface area contributed by atoms with Crippen molar-refractivity contribution >= 4 is 0 Å². The fraction of sp³-hybridized carbons (Fsp3) is 1.00. The summed E-state index contributed by atoms with van der Waals surface area (Å²) in [5, 5.41) is 0. The molecule has 0 bridgehead atoms. The van der Waals surface area contributed by atoms with Crippen LogP contribution in [-0.4, -0.2) is 0 Å². The fourth-order valence-electron chi connectivity index (χ4n) is 4.34. The molecule has 8 unspecified atom stereocenters. The molecule has 0 radical (unpaired) electrons. The van der Waals surface area contributed by atoms with Gasteiger partial charge in [0, 0.05) is 211 Å². The molecular weight excluding hydrogens is 2290 g/mol. The Balaban J connectivity index is -0.0000000282. The van der Waals surface area contributed by atoms with Gasteiger partial charge in [0.15, 0.2) is 0 Å². The molecule has 8 atom stereocenters. The SMILES string of the molecule is CC(C)C(C)C(C)C(C)C(C)C(C)C.CC(C)C(C)C(C)C(C)C(C)C(C)C.[Pt].[Pt].[Pt].[Pt].[Pt].[Pt].[Pt].[Pt].[Pt].[Pt]. The molecule has 0 aliphatic rings. The summed E-state index contributed by atoms with van der Waals surface area (Å²) in [6.07, 6.45) is 0. The second-order valence-corrected chi connectivity index (χ2v) is 11.8. The Kier molecular flexibility index (Phi) is 92.3. The summed E-state index contributed by atoms with van der Waals surface area (Å²) in [6, 6.07) is 0. The van der Waals surface area contributed by atoms with E-state index in [2.05, 4.69) is 111 Å². The molecule has 0 rings (SSSR count). The molecule has 0 saturated carbocycles. The monoisotopic (exact) mass is 2350 g/mol. The Morgan fingerprint density at radius 3 is 0.289 bits per heavy atom. The van der Waals surface area contributed by atoms with Crippen LogP contribution in [0.3, 0.4) is 0 Å². The second-order valence-electron chi connectivity index (χ2n) is 11.8. The Morgan fingerprint density at radius 2 is 0.237 bits per heavy atom. The van der Waals surface area contributed by atoms with Crippen LogP contribution in [0.1, 0.15) is 111 Å². The van der Waals surface area contributed by atoms with Crippen molar-refractivity contribution in [3.8, 4) is 0 Å². The molecule has 0 N–H and O–H groups in total. The van der Waals surface area contributed by atoms with Crippen molar-refractivity contribution in [1.82, 2.24) is 0 Å². The first-order valence-electron chi connectivity index (χ1n) is 12.6. The van der Waals surface area contributed by atoms with Gasteiger partial charge < -0.3 is 0 Å². The van der Waals surface area contributed by atoms with Gasteiger partial charge in [-0.3, -0.25) is 0 Å². The third kappa shape index (κ3) is 34.2. The third-order valence-corrected chi connectivity index (χ3v) is 9.18. The van der Waals surface area contributed by atoms with Crippen LogP contribution in [0.4, 0.5) is 0 Å². The van der Waals surface area contributed by atoms with Crippen LogP contribution in [0.25, 0.3) is 0 Å². The van der Waals surface area contributed by atoms with E-state index < -0.39 is 0 Å². The maximum Gasteiger partial charge on any atom is 0 e. The van der Waals surface area contributed by atoms with Crippen molar-refractivity contribution in [3.05, 3.63) is 0 Å². The summed E-state index contributed by atoms with van der Waals surface area (Å²) in [4.78, 5) is 0. The standard InChI is InChI=1S/2C14H30.10Pt/c2*1-9(2)11(5)13(7)14(8)12(6)10(3)4;;;;;;;;;;/h2*9-14H,1-8H3;;;;;;;;;;. The summed E-state index contributed by atoms with van der Waals surface area (Å²) in [6.45, 7) is 38.0. The van der Waals surface area contributed by atoms with Gasteiger partial charge >= 0.3 is 0 Å². The average Bonchev–Trinajstić information content (AvgIpc) is 2.62. The van der Waals surface area contributed by atoms with Gasteiger partial charge in [0.25, 0.3) is 0 Å². The maximum absolute atomic E-state index is 2.42. The van der Waals surface area contributed by atoms with Gasteiger partial charge in [-0.25, -0.2) is 0 Å². The van der Waals surface area contributed by atoms with Gasteiger partial charge in [0.2, 0.25) is 0 Å². The summed E-state index contributed by atoms with van der Waals surface area (Å²) in [5.41, 5.74) is 0. The third-order valence-electron chi connectivity index (χ3n) is 9.18. The predicted octanol–water partition coefficient (Wildman–Crippen LogP) is 9.66. The van der Waals surface area contributed by atoms with Crippen LogP contribution in [0, 0.1) is 71.0 Å². The molecule has 0 saturated heterocycles. The van der Waals surface area contributed by atoms with Gasteiger partial charge in [-0.1, -0.05) is 111 Å². The zero-order valence-corrected chi connectivity index (χ0v) is 48.8. The summed E-state index contributed by atoms with van der Waals surface area (Å²) >= 11 is 0. The van der Waals surface area contributed by atoms with Crippen LogP contribution in [0.2, 0.25) is 0 Å². The zero-order valence-electron chi connectivity index (χ0n) is 26.1. The number of rotatable bonds is 10. The predicted molar refractivity (Wildman–Crippen MR) is 133 cm³/mol. The molecule has 10 heteroatoms. The van der Waals surface area contributed by atoms with E-state index in [-0.39, 0.29) is 211 Å². The van der Waals surface area contributed by atoms with E-state index in [0.29, 0.717) is 0 Å². The molecule has 272 valence electrons. The summed E-state index contributed by atoms with van der Waals surface area (Å²) in [7, 11) is 0. The van der Waals surface area contributed by atoms with E-state index in [1.165, 1.54) is 0 Å². The van der Waals surface area contributed by atoms with Crippen molar-refractivity contribution in [3.63, 3.8) is 0 Å². The first kappa shape index (κ1) is 79.9. The van der Waals surface area contributed by atoms with Gasteiger partial charge in [-0.05, 0) is 71.0 Å². The summed E-state index contributed by atoms with van der Waals surface area (Å²) in [5.74, 6) is 9.96. The van der Waals surface area contributed by atoms with E-state index >= 15 is 0 Å². The molecule has 0 fully saturated rings. The molecule has 0 aromatic rings. The molecule has 0 aliphatic carbocycles. The molecule has 0 spiro atoms. The topological polar surface area (TPSA) is 0 Å². The van der Waals surface area contributed by atoms with E-state index in [4.69, 9.17) is 0 Å². The van der Waals surface area contributed by atoms with Crippen molar-refractivity contribution in [2.24, 2.45) is 71.0 Å². The van der Waals surface area contributed by atoms with Gasteiger partial charge in [0.05, 0.1) is 0 Å². The number of hydrogen-bond acceptors (Lipinski definition) is 0. The van der Waals surface area contributed by atoms with Crippen LogP contribution in [-0.2, 0) is 211 Å². The van der Waals surface area contributed by atoms with E-state index in [1.54, 1.807) is 0 Å². The zero-order chi connectivity index (χ0) is 22.9. The Hall–Kier alpha value is 6.88. The van der Waals surface area contributed by atoms with Crippen molar-refractivity contribution in [1.29, 1.82) is 0 Å². The largest absolute Gasteiger partial charge is 0.0625 e. The molecule has 0 aromatic heterocycles. The van der Waals surface area contributed by atoms with E-state index in [1.807, 2.05) is 0 Å². The first-order chi connectivity index (χ1) is 12.6. The quantitative estimate of drug-likeness (QED) is 0.205. The Morgan fingerprint density at radius 1 is 0.158 bits per heavy atom. The molecule has 0 heterocycles. The minimum atomic E-state index is 0. The molecule has 0 nitrogen and oxygen atoms in total. The van der Waals surface area contributed by atoms with Gasteiger partial charge in [0.1, 0.15) is 0 Å². The molecule has 38 heavy (non-hydrogen) atoms. The maximum atomic E-state index is 2.42. The van der Waals surface area contributed by atoms with Crippen molar-refractivity contribution < 1.29 is 211 Å². The minimum Gasteiger partial charge on any atom is -0.0625 e. The van der Waals surface area contributed by atoms with Gasteiger partial charge in [-0.15, -0.1) is 0 Å².